The first-order valence-electron chi connectivity index (χ1n) is 10.1. The molecule has 0 saturated heterocycles. The van der Waals surface area contributed by atoms with E-state index in [4.69, 9.17) is 0 Å². The highest BCUT2D eigenvalue weighted by Gasteiger charge is 2.61. The van der Waals surface area contributed by atoms with Gasteiger partial charge in [-0.2, -0.15) is 0 Å². The van der Waals surface area contributed by atoms with Crippen LogP contribution in [0.25, 0.3) is 0 Å². The van der Waals surface area contributed by atoms with Crippen molar-refractivity contribution in [3.63, 3.8) is 0 Å². The van der Waals surface area contributed by atoms with Crippen molar-refractivity contribution in [2.24, 2.45) is 17.3 Å². The summed E-state index contributed by atoms with van der Waals surface area (Å²) in [4.78, 5) is 12.9. The Kier molecular flexibility index (Phi) is 5.56. The first-order chi connectivity index (χ1) is 10.6. The molecule has 0 aromatic rings. The maximum absolute atomic E-state index is 12.9. The van der Waals surface area contributed by atoms with Crippen LogP contribution in [0.4, 0.5) is 0 Å². The molecule has 134 valence electrons. The van der Waals surface area contributed by atoms with Crippen LogP contribution in [0.3, 0.4) is 0 Å². The molecule has 0 heterocycles. The van der Waals surface area contributed by atoms with Crippen LogP contribution >= 0.6 is 0 Å². The number of hydrogen-bond acceptors (Lipinski definition) is 1. The molecular weight excluding hydrogens is 296 g/mol. The predicted octanol–water partition coefficient (Wildman–Crippen LogP) is 6.84. The van der Waals surface area contributed by atoms with Gasteiger partial charge in [0.15, 0.2) is 0 Å². The van der Waals surface area contributed by atoms with Crippen molar-refractivity contribution in [1.29, 1.82) is 0 Å². The minimum Gasteiger partial charge on any atom is -0.299 e. The molecule has 2 heteroatoms. The fourth-order valence-electron chi connectivity index (χ4n) is 7.47. The average molecular weight is 337 g/mol. The molecule has 0 aliphatic heterocycles. The van der Waals surface area contributed by atoms with Crippen molar-refractivity contribution in [3.8, 4) is 0 Å². The molecule has 2 aliphatic carbocycles. The Labute approximate surface area is 146 Å². The highest BCUT2D eigenvalue weighted by molar-refractivity contribution is 6.84. The van der Waals surface area contributed by atoms with Gasteiger partial charge >= 0.3 is 0 Å². The summed E-state index contributed by atoms with van der Waals surface area (Å²) >= 11 is 0. The van der Waals surface area contributed by atoms with Crippen molar-refractivity contribution in [2.75, 3.05) is 0 Å². The van der Waals surface area contributed by atoms with Gasteiger partial charge in [-0.25, -0.2) is 0 Å². The van der Waals surface area contributed by atoms with E-state index in [1.54, 1.807) is 0 Å². The van der Waals surface area contributed by atoms with Gasteiger partial charge in [0, 0.05) is 11.8 Å². The van der Waals surface area contributed by atoms with Crippen LogP contribution in [-0.2, 0) is 4.79 Å². The molecule has 0 aromatic heterocycles. The highest BCUT2D eigenvalue weighted by Crippen LogP contribution is 2.65. The number of carbonyl (C=O) groups is 1. The molecule has 0 radical (unpaired) electrons. The quantitative estimate of drug-likeness (QED) is 0.502. The van der Waals surface area contributed by atoms with E-state index in [-0.39, 0.29) is 5.41 Å². The third kappa shape index (κ3) is 2.77. The van der Waals surface area contributed by atoms with Gasteiger partial charge in [-0.15, -0.1) is 0 Å². The topological polar surface area (TPSA) is 17.1 Å². The molecule has 3 atom stereocenters. The zero-order chi connectivity index (χ0) is 17.6. The van der Waals surface area contributed by atoms with Crippen LogP contribution in [0.2, 0.25) is 22.2 Å². The predicted molar refractivity (Wildman–Crippen MR) is 104 cm³/mol. The maximum atomic E-state index is 12.9. The lowest BCUT2D eigenvalue weighted by Gasteiger charge is -2.48. The molecule has 0 amide bonds. The summed E-state index contributed by atoms with van der Waals surface area (Å²) in [6.45, 7) is 19.6. The monoisotopic (exact) mass is 336 g/mol. The second-order valence-corrected chi connectivity index (χ2v) is 16.2. The Morgan fingerprint density at radius 3 is 1.83 bits per heavy atom. The number of rotatable bonds is 5. The van der Waals surface area contributed by atoms with Gasteiger partial charge in [-0.1, -0.05) is 72.0 Å². The van der Waals surface area contributed by atoms with E-state index < -0.39 is 8.07 Å². The van der Waals surface area contributed by atoms with Gasteiger partial charge in [0.2, 0.25) is 0 Å². The van der Waals surface area contributed by atoms with Crippen LogP contribution in [-0.4, -0.2) is 13.9 Å². The Bertz CT molecular complexity index is 415. The molecule has 0 unspecified atom stereocenters. The summed E-state index contributed by atoms with van der Waals surface area (Å²) in [6, 6.07) is 0. The SMILES string of the molecule is CC(C)[C@@H]1C[C@@H]([Si](C(C)C)(C(C)C)C(C)C)C[C@@]12CCCC2=O. The van der Waals surface area contributed by atoms with Gasteiger partial charge in [-0.05, 0) is 43.1 Å². The lowest BCUT2D eigenvalue weighted by Crippen LogP contribution is -2.48. The highest BCUT2D eigenvalue weighted by atomic mass is 28.3. The molecule has 0 N–H and O–H groups in total. The fraction of sp³-hybridized carbons (Fsp3) is 0.952. The molecule has 1 spiro atoms. The second-order valence-electron chi connectivity index (χ2n) is 9.88. The summed E-state index contributed by atoms with van der Waals surface area (Å²) in [6.07, 6.45) is 5.76. The number of carbonyl (C=O) groups excluding carboxylic acids is 1. The van der Waals surface area contributed by atoms with Crippen LogP contribution < -0.4 is 0 Å². The summed E-state index contributed by atoms with van der Waals surface area (Å²) in [5, 5.41) is 0. The van der Waals surface area contributed by atoms with Crippen molar-refractivity contribution < 1.29 is 4.79 Å². The molecule has 0 aromatic carbocycles. The molecule has 23 heavy (non-hydrogen) atoms. The van der Waals surface area contributed by atoms with Gasteiger partial charge in [-0.3, -0.25) is 4.79 Å². The molecule has 1 nitrogen and oxygen atoms in total. The van der Waals surface area contributed by atoms with Crippen molar-refractivity contribution in [3.05, 3.63) is 0 Å². The number of Topliss-reactive ketones (excluding diaryl/α,β-unsaturated/α-hetero) is 1. The van der Waals surface area contributed by atoms with Crippen molar-refractivity contribution >= 4 is 13.9 Å². The average Bonchev–Trinajstić information content (AvgIpc) is 2.95. The molecular formula is C21H40OSi. The molecule has 2 rings (SSSR count). The zero-order valence-corrected chi connectivity index (χ0v) is 17.9. The standard InChI is InChI=1S/C21H40OSi/c1-14(2)19-12-18(13-21(19)11-9-10-20(21)22)23(15(3)4,16(5)6)17(7)8/h14-19H,9-13H2,1-8H3/t18-,19+,21+/m1/s1. The van der Waals surface area contributed by atoms with E-state index in [9.17, 15) is 4.79 Å². The first-order valence-corrected chi connectivity index (χ1v) is 12.4. The van der Waals surface area contributed by atoms with Crippen molar-refractivity contribution in [2.45, 2.75) is 110 Å². The van der Waals surface area contributed by atoms with Crippen LogP contribution in [0.5, 0.6) is 0 Å². The Hall–Kier alpha value is -0.113. The fourth-order valence-corrected chi connectivity index (χ4v) is 15.7. The molecule has 2 fully saturated rings. The van der Waals surface area contributed by atoms with E-state index in [0.29, 0.717) is 17.6 Å². The van der Waals surface area contributed by atoms with E-state index >= 15 is 0 Å². The summed E-state index contributed by atoms with van der Waals surface area (Å²) in [5.41, 5.74) is 3.35. The Balaban J connectivity index is 2.46. The van der Waals surface area contributed by atoms with E-state index in [2.05, 4.69) is 55.4 Å². The third-order valence-electron chi connectivity index (χ3n) is 7.95. The van der Waals surface area contributed by atoms with Crippen LogP contribution in [0.1, 0.15) is 87.5 Å². The Morgan fingerprint density at radius 2 is 1.48 bits per heavy atom. The second kappa shape index (κ2) is 6.65. The maximum Gasteiger partial charge on any atom is 0.139 e. The van der Waals surface area contributed by atoms with Gasteiger partial charge in [0.1, 0.15) is 5.78 Å². The van der Waals surface area contributed by atoms with Crippen molar-refractivity contribution in [1.82, 2.24) is 0 Å². The largest absolute Gasteiger partial charge is 0.299 e. The number of hydrogen-bond donors (Lipinski definition) is 0. The van der Waals surface area contributed by atoms with Crippen LogP contribution in [0, 0.1) is 17.3 Å². The molecule has 2 aliphatic rings. The normalized spacial score (nSPS) is 32.4. The summed E-state index contributed by atoms with van der Waals surface area (Å²) in [7, 11) is -1.46. The van der Waals surface area contributed by atoms with E-state index in [0.717, 1.165) is 35.0 Å². The minimum absolute atomic E-state index is 0.0652. The van der Waals surface area contributed by atoms with E-state index in [1.165, 1.54) is 19.3 Å². The Morgan fingerprint density at radius 1 is 0.957 bits per heavy atom. The van der Waals surface area contributed by atoms with Gasteiger partial charge in [0.25, 0.3) is 0 Å². The van der Waals surface area contributed by atoms with Crippen LogP contribution in [0.15, 0.2) is 0 Å². The minimum atomic E-state index is -1.46. The smallest absolute Gasteiger partial charge is 0.139 e. The summed E-state index contributed by atoms with van der Waals surface area (Å²) < 4.78 is 0. The molecule has 2 saturated carbocycles. The third-order valence-corrected chi connectivity index (χ3v) is 15.8. The first kappa shape index (κ1) is 19.2. The van der Waals surface area contributed by atoms with E-state index in [1.807, 2.05) is 0 Å². The lowest BCUT2D eigenvalue weighted by atomic mass is 9.71. The van der Waals surface area contributed by atoms with Gasteiger partial charge < -0.3 is 0 Å². The summed E-state index contributed by atoms with van der Waals surface area (Å²) in [5.74, 6) is 1.92. The molecule has 0 bridgehead atoms. The van der Waals surface area contributed by atoms with Gasteiger partial charge in [0.05, 0.1) is 8.07 Å². The zero-order valence-electron chi connectivity index (χ0n) is 16.9. The number of ketones is 1. The lowest BCUT2D eigenvalue weighted by molar-refractivity contribution is -0.128.